The molecule has 93 heavy (non-hydrogen) atoms. The topological polar surface area (TPSA) is 206 Å². The zero-order valence-electron chi connectivity index (χ0n) is 50.3. The summed E-state index contributed by atoms with van der Waals surface area (Å²) >= 11 is 7.20. The van der Waals surface area contributed by atoms with E-state index in [0.29, 0.717) is 65.0 Å². The van der Waals surface area contributed by atoms with Crippen LogP contribution in [-0.4, -0.2) is 70.9 Å². The molecule has 2 N–H and O–H groups in total. The first-order valence-corrected chi connectivity index (χ1v) is 34.3. The normalized spacial score (nSPS) is 10.5. The van der Waals surface area contributed by atoms with Gasteiger partial charge in [-0.15, -0.1) is 20.2 Å². The first kappa shape index (κ1) is 72.4. The average molecular weight is 1670 g/mol. The summed E-state index contributed by atoms with van der Waals surface area (Å²) < 4.78 is 15.7. The third-order valence-electron chi connectivity index (χ3n) is 14.8. The van der Waals surface area contributed by atoms with E-state index in [1.165, 1.54) is 21.7 Å². The molecule has 0 saturated heterocycles. The molecule has 0 aliphatic rings. The van der Waals surface area contributed by atoms with E-state index in [9.17, 15) is 29.6 Å². The largest absolute Gasteiger partial charge is 0.507 e. The molecule has 0 bridgehead atoms. The number of nitrogens with zero attached hydrogens (tertiary/aromatic N) is 2. The first-order valence-electron chi connectivity index (χ1n) is 29.7. The third-order valence-corrected chi connectivity index (χ3v) is 17.1. The molecule has 12 aromatic carbocycles. The molecule has 18 heteroatoms. The minimum absolute atomic E-state index is 0. The van der Waals surface area contributed by atoms with Gasteiger partial charge in [-0.2, -0.15) is 0 Å². The molecule has 0 amide bonds. The van der Waals surface area contributed by atoms with E-state index in [-0.39, 0.29) is 52.1 Å². The van der Waals surface area contributed by atoms with Crippen molar-refractivity contribution in [3.63, 3.8) is 0 Å². The van der Waals surface area contributed by atoms with Gasteiger partial charge in [0, 0.05) is 71.9 Å². The zero-order valence-corrected chi connectivity index (χ0v) is 58.3. The Kier molecular flexibility index (Phi) is 29.3. The van der Waals surface area contributed by atoms with Crippen molar-refractivity contribution in [1.29, 1.82) is 0 Å². The van der Waals surface area contributed by atoms with Crippen molar-refractivity contribution >= 4 is 150 Å². The summed E-state index contributed by atoms with van der Waals surface area (Å²) in [6, 6.07) is 75.0. The Hall–Kier alpha value is -8.06. The van der Waals surface area contributed by atoms with Crippen LogP contribution in [0.3, 0.4) is 0 Å². The number of hydrogen-bond donors (Lipinski definition) is 2. The molecule has 0 heterocycles. The van der Waals surface area contributed by atoms with Crippen molar-refractivity contribution in [2.75, 3.05) is 33.1 Å². The molecule has 0 atom stereocenters. The number of rotatable bonds is 21. The van der Waals surface area contributed by atoms with E-state index in [1.807, 2.05) is 218 Å². The third kappa shape index (κ3) is 19.7. The second kappa shape index (κ2) is 37.6. The number of unbranched alkanes of at least 4 members (excludes halogenated alkanes) is 3. The van der Waals surface area contributed by atoms with E-state index < -0.39 is 10.2 Å². The number of alkyl halides is 3. The molecular formula is C75H65AgI3N2O12. The summed E-state index contributed by atoms with van der Waals surface area (Å²) in [5, 5.41) is 44.1. The van der Waals surface area contributed by atoms with Gasteiger partial charge in [0.05, 0.1) is 19.8 Å². The predicted molar refractivity (Wildman–Crippen MR) is 393 cm³/mol. The van der Waals surface area contributed by atoms with Crippen molar-refractivity contribution in [1.82, 2.24) is 0 Å². The number of halogens is 3. The maximum atomic E-state index is 13.5. The Morgan fingerprint density at radius 2 is 0.613 bits per heavy atom. The van der Waals surface area contributed by atoms with E-state index in [1.54, 1.807) is 18.2 Å². The Bertz CT molecular complexity index is 4510. The maximum Gasteiger partial charge on any atom is 0.294 e. The molecule has 1 radical (unpaired) electrons. The molecule has 12 rings (SSSR count). The van der Waals surface area contributed by atoms with Crippen LogP contribution in [0, 0.1) is 20.2 Å². The van der Waals surface area contributed by atoms with Crippen LogP contribution in [0.2, 0.25) is 0 Å². The quantitative estimate of drug-likeness (QED) is 0.0131. The SMILES string of the molecule is ICCCCI.O=C(c1cccc2ccccc12)c1ccc(O)c2ccccc12.O=C(c1cccc2ccccc12)c1ccc(OCCCCI)c2ccccc12.O=C(c1cccc2ccccc12)c1ccc(OCCCCO[N+](=O)[O-])c2ccccc12.O=[N+]([O-])O.[Ag]. The number of carbonyl (C=O) groups excluding carboxylic acids is 3. The molecular weight excluding hydrogens is 1610 g/mol. The minimum Gasteiger partial charge on any atom is -0.507 e. The zero-order chi connectivity index (χ0) is 65.2. The van der Waals surface area contributed by atoms with Gasteiger partial charge in [0.15, 0.2) is 17.3 Å². The number of hydrogen-bond acceptors (Lipinski definition) is 11. The van der Waals surface area contributed by atoms with Crippen LogP contribution in [0.5, 0.6) is 17.2 Å². The monoisotopic (exact) mass is 1670 g/mol. The van der Waals surface area contributed by atoms with Gasteiger partial charge >= 0.3 is 0 Å². The standard InChI is InChI=1S/C25H21IO2.C25H21NO5.C21H14O2.C4H8I2.Ag.HNO3/c26-16-5-6-17-28-24-15-14-23(20-11-3-4-12-21(20)24)25(27)22-13-7-9-18-8-1-2-10-19(18)22;27-25(22-13-7-9-18-8-1-2-10-19(18)22)23-14-15-24(21-12-4-3-11-20(21)23)30-16-5-6-17-31-26(28)29;22-20-13-12-19(16-9-3-4-10-17(16)20)21(23)18-11-5-7-14-6-1-2-8-15(14)18;5-3-1-2-4-6;;2-1(3)4/h1-4,7-15H,5-6,16-17H2;1-4,7-15H,5-6,16-17H2;1-13,22H;1-4H2;;(H,2,3,4). The summed E-state index contributed by atoms with van der Waals surface area (Å²) in [5.74, 6) is 1.70. The van der Waals surface area contributed by atoms with Gasteiger partial charge in [0.1, 0.15) is 17.2 Å². The van der Waals surface area contributed by atoms with Crippen molar-refractivity contribution in [2.24, 2.45) is 0 Å². The van der Waals surface area contributed by atoms with Gasteiger partial charge in [-0.1, -0.05) is 268 Å². The average Bonchev–Trinajstić information content (AvgIpc) is 0.881. The van der Waals surface area contributed by atoms with Crippen molar-refractivity contribution < 1.29 is 71.6 Å². The van der Waals surface area contributed by atoms with E-state index in [0.717, 1.165) is 87.8 Å². The molecule has 479 valence electrons. The van der Waals surface area contributed by atoms with Gasteiger partial charge in [-0.3, -0.25) is 14.4 Å². The molecule has 0 spiro atoms. The molecule has 0 saturated carbocycles. The van der Waals surface area contributed by atoms with Crippen LogP contribution in [0.4, 0.5) is 0 Å². The Balaban J connectivity index is 0.000000184. The summed E-state index contributed by atoms with van der Waals surface area (Å²) in [7, 11) is 0. The predicted octanol–water partition coefficient (Wildman–Crippen LogP) is 19.6. The van der Waals surface area contributed by atoms with Gasteiger partial charge in [0.2, 0.25) is 0 Å². The van der Waals surface area contributed by atoms with Gasteiger partial charge in [-0.25, -0.2) is 0 Å². The number of carbonyl (C=O) groups is 3. The summed E-state index contributed by atoms with van der Waals surface area (Å²) in [6.45, 7) is 1.15. The number of aromatic hydroxyl groups is 1. The molecule has 0 aromatic heterocycles. The Morgan fingerprint density at radius 1 is 0.344 bits per heavy atom. The van der Waals surface area contributed by atoms with Crippen LogP contribution >= 0.6 is 67.8 Å². The van der Waals surface area contributed by atoms with Crippen LogP contribution in [-0.2, 0) is 27.2 Å². The number of fused-ring (bicyclic) bond motifs is 6. The number of ketones is 3. The van der Waals surface area contributed by atoms with E-state index in [2.05, 4.69) is 72.6 Å². The molecule has 12 aromatic rings. The number of phenols is 1. The second-order valence-corrected chi connectivity index (χ2v) is 24.0. The smallest absolute Gasteiger partial charge is 0.294 e. The van der Waals surface area contributed by atoms with Crippen LogP contribution in [0.1, 0.15) is 86.3 Å². The summed E-state index contributed by atoms with van der Waals surface area (Å²) in [4.78, 5) is 62.9. The fourth-order valence-electron chi connectivity index (χ4n) is 10.5. The van der Waals surface area contributed by atoms with Crippen LogP contribution in [0.25, 0.3) is 64.6 Å². The molecule has 0 fully saturated rings. The summed E-state index contributed by atoms with van der Waals surface area (Å²) in [5.41, 5.74) is 4.03. The molecule has 14 nitrogen and oxygen atoms in total. The fraction of sp³-hybridized carbons (Fsp3) is 0.160. The van der Waals surface area contributed by atoms with Gasteiger partial charge < -0.3 is 24.6 Å². The number of phenolic OH excluding ortho intramolecular Hbond substituents is 1. The van der Waals surface area contributed by atoms with Crippen molar-refractivity contribution in [3.05, 3.63) is 290 Å². The molecule has 0 aliphatic carbocycles. The first-order chi connectivity index (χ1) is 44.8. The summed E-state index contributed by atoms with van der Waals surface area (Å²) in [6.07, 6.45) is 6.12. The second-order valence-electron chi connectivity index (χ2n) is 20.7. The fourth-order valence-corrected chi connectivity index (χ4v) is 12.1. The van der Waals surface area contributed by atoms with Crippen molar-refractivity contribution in [3.8, 4) is 17.2 Å². The molecule has 0 aliphatic heterocycles. The maximum absolute atomic E-state index is 13.5. The van der Waals surface area contributed by atoms with E-state index in [4.69, 9.17) is 24.8 Å². The van der Waals surface area contributed by atoms with Crippen LogP contribution < -0.4 is 9.47 Å². The van der Waals surface area contributed by atoms with Gasteiger partial charge in [-0.05, 0) is 137 Å². The van der Waals surface area contributed by atoms with Gasteiger partial charge in [0.25, 0.3) is 10.2 Å². The Morgan fingerprint density at radius 3 is 0.978 bits per heavy atom. The number of benzene rings is 12. The van der Waals surface area contributed by atoms with E-state index >= 15 is 0 Å². The Labute approximate surface area is 594 Å². The minimum atomic E-state index is -1.50. The number of ether oxygens (including phenoxy) is 2. The molecule has 0 unspecified atom stereocenters. The van der Waals surface area contributed by atoms with Crippen molar-refractivity contribution in [2.45, 2.75) is 38.5 Å². The van der Waals surface area contributed by atoms with Crippen LogP contribution in [0.15, 0.2) is 237 Å².